The molecule has 180 valence electrons. The number of aromatic nitrogens is 4. The Morgan fingerprint density at radius 1 is 0.972 bits per heavy atom. The molecule has 0 fully saturated rings. The molecule has 0 N–H and O–H groups in total. The molecule has 3 aromatic carbocycles. The zero-order valence-electron chi connectivity index (χ0n) is 19.3. The number of ether oxygens (including phenoxy) is 2. The molecular formula is C27H21FN4O3S. The van der Waals surface area contributed by atoms with E-state index in [1.165, 1.54) is 36.0 Å². The van der Waals surface area contributed by atoms with Crippen LogP contribution >= 0.6 is 11.8 Å². The number of hydrogen-bond donors (Lipinski definition) is 0. The zero-order valence-corrected chi connectivity index (χ0v) is 20.1. The van der Waals surface area contributed by atoms with Gasteiger partial charge in [-0.2, -0.15) is 0 Å². The molecule has 5 aromatic rings. The number of para-hydroxylation sites is 1. The number of nitrogens with zero attached hydrogens (tertiary/aromatic N) is 4. The van der Waals surface area contributed by atoms with Crippen LogP contribution in [0.25, 0.3) is 16.6 Å². The lowest BCUT2D eigenvalue weighted by Crippen LogP contribution is -2.08. The third-order valence-corrected chi connectivity index (χ3v) is 6.41. The van der Waals surface area contributed by atoms with Gasteiger partial charge in [-0.25, -0.2) is 4.39 Å². The van der Waals surface area contributed by atoms with Crippen molar-refractivity contribution in [1.29, 1.82) is 0 Å². The van der Waals surface area contributed by atoms with Crippen LogP contribution in [0.5, 0.6) is 11.5 Å². The van der Waals surface area contributed by atoms with Crippen LogP contribution < -0.4 is 9.47 Å². The molecule has 0 atom stereocenters. The van der Waals surface area contributed by atoms with Gasteiger partial charge in [0.05, 0.1) is 12.9 Å². The number of carbonyl (C=O) groups is 1. The average Bonchev–Trinajstić information content (AvgIpc) is 3.33. The third-order valence-electron chi connectivity index (χ3n) is 5.48. The molecular weight excluding hydrogens is 479 g/mol. The summed E-state index contributed by atoms with van der Waals surface area (Å²) in [7, 11) is 1.60. The van der Waals surface area contributed by atoms with Crippen molar-refractivity contribution in [3.05, 3.63) is 102 Å². The minimum absolute atomic E-state index is 0.119. The number of ketones is 1. The van der Waals surface area contributed by atoms with Gasteiger partial charge < -0.3 is 9.47 Å². The number of hydrogen-bond acceptors (Lipinski definition) is 7. The molecule has 0 spiro atoms. The molecule has 36 heavy (non-hydrogen) atoms. The maximum atomic E-state index is 13.2. The second kappa shape index (κ2) is 10.6. The summed E-state index contributed by atoms with van der Waals surface area (Å²) in [4.78, 5) is 17.1. The molecule has 0 saturated carbocycles. The monoisotopic (exact) mass is 500 g/mol. The Labute approximate surface area is 210 Å². The second-order valence-corrected chi connectivity index (χ2v) is 8.71. The number of halogens is 1. The highest BCUT2D eigenvalue weighted by molar-refractivity contribution is 7.99. The number of benzene rings is 3. The number of Topliss-reactive ketones (excluding diaryl/α,β-unsaturated/α-hetero) is 1. The molecule has 7 nitrogen and oxygen atoms in total. The van der Waals surface area contributed by atoms with Crippen molar-refractivity contribution >= 4 is 28.4 Å². The summed E-state index contributed by atoms with van der Waals surface area (Å²) in [6, 6.07) is 22.6. The summed E-state index contributed by atoms with van der Waals surface area (Å²) in [5.74, 6) is 1.51. The van der Waals surface area contributed by atoms with E-state index in [0.29, 0.717) is 28.0 Å². The van der Waals surface area contributed by atoms with E-state index in [2.05, 4.69) is 15.2 Å². The topological polar surface area (TPSA) is 79.1 Å². The normalized spacial score (nSPS) is 10.9. The Bertz CT molecular complexity index is 1500. The summed E-state index contributed by atoms with van der Waals surface area (Å²) in [5, 5.41) is 10.2. The van der Waals surface area contributed by atoms with Crippen LogP contribution in [-0.4, -0.2) is 38.4 Å². The van der Waals surface area contributed by atoms with E-state index in [0.717, 1.165) is 16.6 Å². The van der Waals surface area contributed by atoms with Gasteiger partial charge in [-0.3, -0.25) is 14.3 Å². The first kappa shape index (κ1) is 23.5. The molecule has 0 radical (unpaired) electrons. The summed E-state index contributed by atoms with van der Waals surface area (Å²) in [5.41, 5.74) is 1.99. The molecule has 9 heteroatoms. The van der Waals surface area contributed by atoms with Gasteiger partial charge in [0, 0.05) is 22.8 Å². The lowest BCUT2D eigenvalue weighted by molar-refractivity contribution is 0.102. The quantitative estimate of drug-likeness (QED) is 0.195. The SMILES string of the molecule is COc1ccc(-n2c(COc3cccc4cccnc34)nnc2SCC(=O)c2ccc(F)cc2)cc1. The van der Waals surface area contributed by atoms with Gasteiger partial charge in [0.25, 0.3) is 0 Å². The summed E-state index contributed by atoms with van der Waals surface area (Å²) < 4.78 is 26.5. The van der Waals surface area contributed by atoms with Gasteiger partial charge in [0.2, 0.25) is 0 Å². The fourth-order valence-electron chi connectivity index (χ4n) is 3.66. The molecule has 0 unspecified atom stereocenters. The lowest BCUT2D eigenvalue weighted by Gasteiger charge is -2.12. The van der Waals surface area contributed by atoms with Gasteiger partial charge in [-0.05, 0) is 60.7 Å². The zero-order chi connectivity index (χ0) is 24.9. The molecule has 0 saturated heterocycles. The molecule has 2 aromatic heterocycles. The Kier molecular flexibility index (Phi) is 6.90. The predicted molar refractivity (Wildman–Crippen MR) is 135 cm³/mol. The van der Waals surface area contributed by atoms with Gasteiger partial charge in [0.15, 0.2) is 16.8 Å². The molecule has 0 bridgehead atoms. The highest BCUT2D eigenvalue weighted by atomic mass is 32.2. The van der Waals surface area contributed by atoms with Crippen LogP contribution in [0.3, 0.4) is 0 Å². The Morgan fingerprint density at radius 2 is 1.75 bits per heavy atom. The Balaban J connectivity index is 1.41. The van der Waals surface area contributed by atoms with Gasteiger partial charge in [-0.1, -0.05) is 30.0 Å². The molecule has 2 heterocycles. The van der Waals surface area contributed by atoms with Crippen molar-refractivity contribution in [2.75, 3.05) is 12.9 Å². The van der Waals surface area contributed by atoms with Gasteiger partial charge in [0.1, 0.15) is 29.4 Å². The molecule has 0 aliphatic heterocycles. The number of fused-ring (bicyclic) bond motifs is 1. The summed E-state index contributed by atoms with van der Waals surface area (Å²) >= 11 is 1.25. The third kappa shape index (κ3) is 5.06. The van der Waals surface area contributed by atoms with Gasteiger partial charge in [-0.15, -0.1) is 10.2 Å². The van der Waals surface area contributed by atoms with Gasteiger partial charge >= 0.3 is 0 Å². The van der Waals surface area contributed by atoms with E-state index in [4.69, 9.17) is 9.47 Å². The van der Waals surface area contributed by atoms with Crippen molar-refractivity contribution in [1.82, 2.24) is 19.7 Å². The van der Waals surface area contributed by atoms with E-state index in [9.17, 15) is 9.18 Å². The highest BCUT2D eigenvalue weighted by Gasteiger charge is 2.18. The fraction of sp³-hybridized carbons (Fsp3) is 0.111. The molecule has 0 aliphatic carbocycles. The van der Waals surface area contributed by atoms with Crippen molar-refractivity contribution in [3.63, 3.8) is 0 Å². The van der Waals surface area contributed by atoms with Crippen molar-refractivity contribution in [2.24, 2.45) is 0 Å². The van der Waals surface area contributed by atoms with E-state index in [1.54, 1.807) is 13.3 Å². The predicted octanol–water partition coefficient (Wildman–Crippen LogP) is 5.52. The van der Waals surface area contributed by atoms with E-state index < -0.39 is 0 Å². The number of methoxy groups -OCH3 is 1. The number of rotatable bonds is 9. The van der Waals surface area contributed by atoms with Crippen LogP contribution in [-0.2, 0) is 6.61 Å². The molecule has 0 amide bonds. The van der Waals surface area contributed by atoms with Crippen LogP contribution in [0.2, 0.25) is 0 Å². The largest absolute Gasteiger partial charge is 0.497 e. The maximum Gasteiger partial charge on any atom is 0.196 e. The first-order valence-corrected chi connectivity index (χ1v) is 12.1. The second-order valence-electron chi connectivity index (χ2n) is 7.77. The smallest absolute Gasteiger partial charge is 0.196 e. The standard InChI is InChI=1S/C27H21FN4O3S/c1-34-22-13-11-21(12-14-22)32-25(16-35-24-6-2-4-19-5-3-15-29-26(19)24)30-31-27(32)36-17-23(33)18-7-9-20(28)10-8-18/h2-15H,16-17H2,1H3. The summed E-state index contributed by atoms with van der Waals surface area (Å²) in [6.45, 7) is 0.140. The van der Waals surface area contributed by atoms with Crippen LogP contribution in [0.4, 0.5) is 4.39 Å². The Morgan fingerprint density at radius 3 is 2.53 bits per heavy atom. The average molecular weight is 501 g/mol. The minimum atomic E-state index is -0.385. The van der Waals surface area contributed by atoms with E-state index in [-0.39, 0.29) is 24.0 Å². The summed E-state index contributed by atoms with van der Waals surface area (Å²) in [6.07, 6.45) is 1.72. The maximum absolute atomic E-state index is 13.2. The first-order chi connectivity index (χ1) is 17.6. The number of carbonyl (C=O) groups excluding carboxylic acids is 1. The van der Waals surface area contributed by atoms with Crippen LogP contribution in [0.15, 0.2) is 90.2 Å². The van der Waals surface area contributed by atoms with Crippen LogP contribution in [0, 0.1) is 5.82 Å². The van der Waals surface area contributed by atoms with E-state index in [1.807, 2.05) is 59.2 Å². The highest BCUT2D eigenvalue weighted by Crippen LogP contribution is 2.27. The fourth-order valence-corrected chi connectivity index (χ4v) is 4.53. The number of thioether (sulfide) groups is 1. The number of pyridine rings is 1. The minimum Gasteiger partial charge on any atom is -0.497 e. The Hall–Kier alpha value is -4.24. The van der Waals surface area contributed by atoms with Crippen molar-refractivity contribution in [2.45, 2.75) is 11.8 Å². The van der Waals surface area contributed by atoms with Crippen molar-refractivity contribution < 1.29 is 18.7 Å². The van der Waals surface area contributed by atoms with E-state index >= 15 is 0 Å². The van der Waals surface area contributed by atoms with Crippen molar-refractivity contribution in [3.8, 4) is 17.2 Å². The lowest BCUT2D eigenvalue weighted by atomic mass is 10.1. The molecule has 0 aliphatic rings. The van der Waals surface area contributed by atoms with Crippen LogP contribution in [0.1, 0.15) is 16.2 Å². The first-order valence-electron chi connectivity index (χ1n) is 11.1. The molecule has 5 rings (SSSR count).